The Morgan fingerprint density at radius 2 is 2.67 bits per heavy atom. The molecule has 0 saturated heterocycles. The third kappa shape index (κ3) is 0.724. The second kappa shape index (κ2) is 1.83. The predicted octanol–water partition coefficient (Wildman–Crippen LogP) is 0.500. The standard InChI is InChI=1S/C6H6N2O/c1-2-7-3-5-4-8-9-6(1)5/h2,4-6H,1H2. The first-order valence-corrected chi connectivity index (χ1v) is 2.93. The van der Waals surface area contributed by atoms with Crippen molar-refractivity contribution in [2.24, 2.45) is 16.1 Å². The fourth-order valence-electron chi connectivity index (χ4n) is 0.942. The second-order valence-corrected chi connectivity index (χ2v) is 2.10. The van der Waals surface area contributed by atoms with Crippen LogP contribution in [0.4, 0.5) is 0 Å². The zero-order valence-corrected chi connectivity index (χ0v) is 4.82. The van der Waals surface area contributed by atoms with Gasteiger partial charge in [0.2, 0.25) is 0 Å². The maximum Gasteiger partial charge on any atom is 0.142 e. The Kier molecular flexibility index (Phi) is 1.01. The third-order valence-corrected chi connectivity index (χ3v) is 1.47. The normalized spacial score (nSPS) is 38.2. The van der Waals surface area contributed by atoms with Crippen molar-refractivity contribution in [3.8, 4) is 0 Å². The van der Waals surface area contributed by atoms with E-state index in [9.17, 15) is 0 Å². The molecule has 0 aromatic carbocycles. The fourth-order valence-corrected chi connectivity index (χ4v) is 0.942. The van der Waals surface area contributed by atoms with Crippen LogP contribution in [0.5, 0.6) is 0 Å². The van der Waals surface area contributed by atoms with Gasteiger partial charge in [-0.05, 0) is 0 Å². The summed E-state index contributed by atoms with van der Waals surface area (Å²) in [5.74, 6) is 0.204. The Balaban J connectivity index is 2.13. The molecule has 2 radical (unpaired) electrons. The van der Waals surface area contributed by atoms with Crippen molar-refractivity contribution < 1.29 is 4.84 Å². The predicted molar refractivity (Wildman–Crippen MR) is 33.2 cm³/mol. The van der Waals surface area contributed by atoms with Crippen LogP contribution in [0.2, 0.25) is 0 Å². The largest absolute Gasteiger partial charge is 0.392 e. The molecular weight excluding hydrogens is 116 g/mol. The van der Waals surface area contributed by atoms with Crippen LogP contribution in [0.1, 0.15) is 6.42 Å². The molecule has 2 unspecified atom stereocenters. The quantitative estimate of drug-likeness (QED) is 0.460. The van der Waals surface area contributed by atoms with Gasteiger partial charge in [-0.3, -0.25) is 4.99 Å². The average molecular weight is 122 g/mol. The summed E-state index contributed by atoms with van der Waals surface area (Å²) in [5.41, 5.74) is 0. The molecule has 0 spiro atoms. The average Bonchev–Trinajstić information content (AvgIpc) is 2.33. The lowest BCUT2D eigenvalue weighted by Crippen LogP contribution is -2.21. The summed E-state index contributed by atoms with van der Waals surface area (Å²) >= 11 is 0. The highest BCUT2D eigenvalue weighted by atomic mass is 16.6. The fraction of sp³-hybridized carbons (Fsp3) is 0.500. The van der Waals surface area contributed by atoms with E-state index in [1.165, 1.54) is 0 Å². The summed E-state index contributed by atoms with van der Waals surface area (Å²) in [6.07, 6.45) is 4.58. The molecule has 0 aromatic heterocycles. The van der Waals surface area contributed by atoms with Crippen LogP contribution in [0.25, 0.3) is 0 Å². The van der Waals surface area contributed by atoms with E-state index in [4.69, 9.17) is 4.84 Å². The Morgan fingerprint density at radius 3 is 3.56 bits per heavy atom. The van der Waals surface area contributed by atoms with E-state index >= 15 is 0 Å². The Labute approximate surface area is 53.4 Å². The molecule has 2 atom stereocenters. The summed E-state index contributed by atoms with van der Waals surface area (Å²) in [6, 6.07) is 0. The van der Waals surface area contributed by atoms with Gasteiger partial charge in [-0.1, -0.05) is 5.16 Å². The first kappa shape index (κ1) is 4.97. The number of hydrogen-bond acceptors (Lipinski definition) is 3. The minimum Gasteiger partial charge on any atom is -0.392 e. The molecule has 0 bridgehead atoms. The van der Waals surface area contributed by atoms with Crippen molar-refractivity contribution >= 4 is 12.4 Å². The molecule has 0 amide bonds. The van der Waals surface area contributed by atoms with Gasteiger partial charge in [-0.15, -0.1) is 0 Å². The minimum atomic E-state index is 0.183. The van der Waals surface area contributed by atoms with Gasteiger partial charge < -0.3 is 4.84 Å². The van der Waals surface area contributed by atoms with Crippen molar-refractivity contribution in [2.75, 3.05) is 0 Å². The molecule has 0 saturated carbocycles. The van der Waals surface area contributed by atoms with Gasteiger partial charge in [0.15, 0.2) is 0 Å². The number of aliphatic imine (C=N–C) groups is 1. The lowest BCUT2D eigenvalue weighted by Gasteiger charge is -2.14. The van der Waals surface area contributed by atoms with Crippen LogP contribution in [-0.2, 0) is 4.84 Å². The van der Waals surface area contributed by atoms with Gasteiger partial charge in [0.05, 0.1) is 12.1 Å². The van der Waals surface area contributed by atoms with E-state index in [-0.39, 0.29) is 12.0 Å². The molecule has 3 heteroatoms. The van der Waals surface area contributed by atoms with Crippen LogP contribution < -0.4 is 0 Å². The van der Waals surface area contributed by atoms with Crippen LogP contribution in [0, 0.1) is 12.5 Å². The van der Waals surface area contributed by atoms with Gasteiger partial charge in [0, 0.05) is 12.6 Å². The van der Waals surface area contributed by atoms with Gasteiger partial charge in [-0.2, -0.15) is 0 Å². The minimum absolute atomic E-state index is 0.183. The Morgan fingerprint density at radius 1 is 1.67 bits per heavy atom. The number of hydrogen-bond donors (Lipinski definition) is 0. The first-order chi connectivity index (χ1) is 4.47. The summed E-state index contributed by atoms with van der Waals surface area (Å²) in [4.78, 5) is 8.85. The van der Waals surface area contributed by atoms with E-state index in [0.717, 1.165) is 6.42 Å². The molecule has 46 valence electrons. The van der Waals surface area contributed by atoms with Crippen molar-refractivity contribution in [1.29, 1.82) is 0 Å². The van der Waals surface area contributed by atoms with E-state index in [2.05, 4.69) is 16.7 Å². The number of oxime groups is 1. The lowest BCUT2D eigenvalue weighted by atomic mass is 10.0. The van der Waals surface area contributed by atoms with Gasteiger partial charge >= 0.3 is 0 Å². The molecule has 9 heavy (non-hydrogen) atoms. The second-order valence-electron chi connectivity index (χ2n) is 2.10. The summed E-state index contributed by atoms with van der Waals surface area (Å²) < 4.78 is 0. The molecule has 0 fully saturated rings. The number of rotatable bonds is 0. The van der Waals surface area contributed by atoms with Crippen molar-refractivity contribution in [3.05, 3.63) is 6.54 Å². The van der Waals surface area contributed by atoms with Crippen molar-refractivity contribution in [1.82, 2.24) is 0 Å². The molecule has 2 rings (SSSR count). The molecule has 2 aliphatic rings. The third-order valence-electron chi connectivity index (χ3n) is 1.47. The van der Waals surface area contributed by atoms with Gasteiger partial charge in [0.1, 0.15) is 12.6 Å². The summed E-state index contributed by atoms with van der Waals surface area (Å²) in [5, 5.41) is 3.66. The van der Waals surface area contributed by atoms with Crippen LogP contribution in [0.3, 0.4) is 0 Å². The van der Waals surface area contributed by atoms with Crippen molar-refractivity contribution in [3.63, 3.8) is 0 Å². The molecule has 0 N–H and O–H groups in total. The highest BCUT2D eigenvalue weighted by Gasteiger charge is 2.28. The zero-order valence-electron chi connectivity index (χ0n) is 4.82. The molecular formula is C6H6N2O. The lowest BCUT2D eigenvalue weighted by molar-refractivity contribution is 0.0721. The highest BCUT2D eigenvalue weighted by Crippen LogP contribution is 2.21. The SMILES string of the molecule is [C]1N=CCC2ON=CC12. The molecule has 0 aromatic rings. The molecule has 3 nitrogen and oxygen atoms in total. The smallest absolute Gasteiger partial charge is 0.142 e. The Hall–Kier alpha value is -0.860. The van der Waals surface area contributed by atoms with E-state index in [1.54, 1.807) is 12.4 Å². The number of fused-ring (bicyclic) bond motifs is 1. The molecule has 2 heterocycles. The van der Waals surface area contributed by atoms with Crippen LogP contribution in [-0.4, -0.2) is 18.5 Å². The maximum absolute atomic E-state index is 4.97. The molecule has 2 aliphatic heterocycles. The van der Waals surface area contributed by atoms with Crippen LogP contribution in [0.15, 0.2) is 10.1 Å². The molecule has 0 aliphatic carbocycles. The Bertz CT molecular complexity index is 164. The highest BCUT2D eigenvalue weighted by molar-refractivity contribution is 5.70. The van der Waals surface area contributed by atoms with E-state index < -0.39 is 0 Å². The van der Waals surface area contributed by atoms with Crippen molar-refractivity contribution in [2.45, 2.75) is 12.5 Å². The monoisotopic (exact) mass is 122 g/mol. The van der Waals surface area contributed by atoms with E-state index in [1.807, 2.05) is 0 Å². The van der Waals surface area contributed by atoms with Gasteiger partial charge in [-0.25, -0.2) is 0 Å². The maximum atomic E-state index is 4.97. The zero-order chi connectivity index (χ0) is 6.10. The van der Waals surface area contributed by atoms with Gasteiger partial charge in [0.25, 0.3) is 0 Å². The topological polar surface area (TPSA) is 34.0 Å². The summed E-state index contributed by atoms with van der Waals surface area (Å²) in [7, 11) is 0. The van der Waals surface area contributed by atoms with Crippen LogP contribution >= 0.6 is 0 Å². The number of nitrogens with zero attached hydrogens (tertiary/aromatic N) is 2. The first-order valence-electron chi connectivity index (χ1n) is 2.93. The summed E-state index contributed by atoms with van der Waals surface area (Å²) in [6.45, 7) is 2.88. The van der Waals surface area contributed by atoms with E-state index in [0.29, 0.717) is 0 Å².